The van der Waals surface area contributed by atoms with Crippen LogP contribution in [0.5, 0.6) is 0 Å². The molecule has 0 aliphatic carbocycles. The largest absolute Gasteiger partial charge is 0.396 e. The van der Waals surface area contributed by atoms with E-state index in [9.17, 15) is 9.59 Å². The smallest absolute Gasteiger partial charge is 0.222 e. The van der Waals surface area contributed by atoms with Crippen molar-refractivity contribution < 1.29 is 14.7 Å². The molecule has 82 valence electrons. The molecule has 0 aromatic carbocycles. The van der Waals surface area contributed by atoms with Crippen LogP contribution < -0.4 is 5.32 Å². The van der Waals surface area contributed by atoms with Crippen LogP contribution in [0.3, 0.4) is 0 Å². The molecule has 0 spiro atoms. The molecule has 0 heterocycles. The highest BCUT2D eigenvalue weighted by Gasteiger charge is 2.15. The van der Waals surface area contributed by atoms with Crippen molar-refractivity contribution in [2.45, 2.75) is 25.8 Å². The lowest BCUT2D eigenvalue weighted by Crippen LogP contribution is -2.40. The van der Waals surface area contributed by atoms with Crippen molar-refractivity contribution in [3.05, 3.63) is 0 Å². The van der Waals surface area contributed by atoms with Gasteiger partial charge in [0.25, 0.3) is 0 Å². The number of aliphatic hydroxyl groups excluding tert-OH is 1. The van der Waals surface area contributed by atoms with Crippen molar-refractivity contribution in [1.82, 2.24) is 5.32 Å². The molecule has 0 unspecified atom stereocenters. The molecule has 2 N–H and O–H groups in total. The number of ketones is 1. The van der Waals surface area contributed by atoms with Crippen LogP contribution in [0.2, 0.25) is 0 Å². The number of thioether (sulfide) groups is 1. The molecule has 1 atom stereocenters. The fourth-order valence-electron chi connectivity index (χ4n) is 0.981. The Bertz CT molecular complexity index is 196. The van der Waals surface area contributed by atoms with Gasteiger partial charge in [0.2, 0.25) is 5.91 Å². The molecule has 0 fully saturated rings. The summed E-state index contributed by atoms with van der Waals surface area (Å²) in [6.45, 7) is 1.28. The van der Waals surface area contributed by atoms with Gasteiger partial charge in [-0.2, -0.15) is 11.8 Å². The monoisotopic (exact) mass is 219 g/mol. The van der Waals surface area contributed by atoms with E-state index in [1.54, 1.807) is 11.8 Å². The number of carbonyl (C=O) groups is 2. The first-order chi connectivity index (χ1) is 6.61. The lowest BCUT2D eigenvalue weighted by atomic mass is 10.1. The fraction of sp³-hybridized carbons (Fsp3) is 0.778. The number of hydrogen-bond donors (Lipinski definition) is 2. The summed E-state index contributed by atoms with van der Waals surface area (Å²) in [6, 6.07) is -0.401. The van der Waals surface area contributed by atoms with Crippen LogP contribution in [0.4, 0.5) is 0 Å². The van der Waals surface area contributed by atoms with Crippen LogP contribution in [0.1, 0.15) is 19.8 Å². The van der Waals surface area contributed by atoms with Gasteiger partial charge in [-0.3, -0.25) is 9.59 Å². The van der Waals surface area contributed by atoms with Crippen LogP contribution >= 0.6 is 11.8 Å². The maximum atomic E-state index is 11.1. The van der Waals surface area contributed by atoms with Crippen LogP contribution in [0.25, 0.3) is 0 Å². The molecule has 1 amide bonds. The Labute approximate surface area is 88.4 Å². The van der Waals surface area contributed by atoms with E-state index in [1.807, 2.05) is 6.26 Å². The molecule has 0 aromatic rings. The van der Waals surface area contributed by atoms with Gasteiger partial charge in [-0.15, -0.1) is 0 Å². The average Bonchev–Trinajstić information content (AvgIpc) is 2.12. The molecule has 0 radical (unpaired) electrons. The van der Waals surface area contributed by atoms with E-state index in [4.69, 9.17) is 5.11 Å². The summed E-state index contributed by atoms with van der Waals surface area (Å²) < 4.78 is 0. The second kappa shape index (κ2) is 7.82. The summed E-state index contributed by atoms with van der Waals surface area (Å²) in [7, 11) is 0. The van der Waals surface area contributed by atoms with Gasteiger partial charge in [0.05, 0.1) is 12.6 Å². The highest BCUT2D eigenvalue weighted by molar-refractivity contribution is 7.98. The van der Waals surface area contributed by atoms with E-state index < -0.39 is 6.04 Å². The van der Waals surface area contributed by atoms with Crippen LogP contribution in [-0.2, 0) is 9.59 Å². The van der Waals surface area contributed by atoms with E-state index in [0.717, 1.165) is 5.75 Å². The van der Waals surface area contributed by atoms with Crippen molar-refractivity contribution >= 4 is 23.5 Å². The second-order valence-electron chi connectivity index (χ2n) is 2.99. The predicted molar refractivity (Wildman–Crippen MR) is 57.3 cm³/mol. The second-order valence-corrected chi connectivity index (χ2v) is 3.97. The van der Waals surface area contributed by atoms with Crippen LogP contribution in [-0.4, -0.2) is 41.5 Å². The molecule has 0 saturated heterocycles. The summed E-state index contributed by atoms with van der Waals surface area (Å²) in [5.41, 5.74) is 0. The first-order valence-electron chi connectivity index (χ1n) is 4.51. The Hall–Kier alpha value is -0.550. The van der Waals surface area contributed by atoms with Crippen LogP contribution in [0.15, 0.2) is 0 Å². The van der Waals surface area contributed by atoms with Crippen LogP contribution in [0, 0.1) is 0 Å². The molecule has 0 rings (SSSR count). The molecular formula is C9H17NO3S. The highest BCUT2D eigenvalue weighted by atomic mass is 32.2. The first-order valence-corrected chi connectivity index (χ1v) is 5.90. The minimum absolute atomic E-state index is 0.0367. The van der Waals surface area contributed by atoms with Crippen molar-refractivity contribution in [1.29, 1.82) is 0 Å². The molecule has 5 heteroatoms. The number of carbonyl (C=O) groups excluding carboxylic acids is 2. The minimum atomic E-state index is -0.401. The molecular weight excluding hydrogens is 202 g/mol. The fourth-order valence-corrected chi connectivity index (χ4v) is 1.45. The van der Waals surface area contributed by atoms with Gasteiger partial charge >= 0.3 is 0 Å². The maximum Gasteiger partial charge on any atom is 0.222 e. The molecule has 0 saturated carbocycles. The van der Waals surface area contributed by atoms with Crippen molar-refractivity contribution in [3.8, 4) is 0 Å². The molecule has 4 nitrogen and oxygen atoms in total. The summed E-state index contributed by atoms with van der Waals surface area (Å²) in [5.74, 6) is 0.531. The number of nitrogens with one attached hydrogen (secondary N) is 1. The van der Waals surface area contributed by atoms with E-state index in [-0.39, 0.29) is 24.7 Å². The van der Waals surface area contributed by atoms with Gasteiger partial charge in [0, 0.05) is 6.42 Å². The summed E-state index contributed by atoms with van der Waals surface area (Å²) in [5, 5.41) is 11.1. The molecule has 14 heavy (non-hydrogen) atoms. The normalized spacial score (nSPS) is 12.2. The van der Waals surface area contributed by atoms with E-state index in [0.29, 0.717) is 6.42 Å². The van der Waals surface area contributed by atoms with Gasteiger partial charge in [-0.05, 0) is 25.4 Å². The molecule has 0 aliphatic heterocycles. The van der Waals surface area contributed by atoms with Crippen molar-refractivity contribution in [3.63, 3.8) is 0 Å². The predicted octanol–water partition coefficient (Wildman–Crippen LogP) is 0.196. The third kappa shape index (κ3) is 5.99. The zero-order valence-corrected chi connectivity index (χ0v) is 9.39. The molecule has 0 bridgehead atoms. The van der Waals surface area contributed by atoms with Gasteiger partial charge in [-0.1, -0.05) is 0 Å². The van der Waals surface area contributed by atoms with Crippen molar-refractivity contribution in [2.24, 2.45) is 0 Å². The van der Waals surface area contributed by atoms with E-state index >= 15 is 0 Å². The Balaban J connectivity index is 3.95. The minimum Gasteiger partial charge on any atom is -0.396 e. The zero-order chi connectivity index (χ0) is 11.0. The topological polar surface area (TPSA) is 66.4 Å². The Morgan fingerprint density at radius 1 is 1.50 bits per heavy atom. The van der Waals surface area contributed by atoms with Gasteiger partial charge in [-0.25, -0.2) is 0 Å². The number of amides is 1. The van der Waals surface area contributed by atoms with Gasteiger partial charge in [0.1, 0.15) is 0 Å². The Kier molecular flexibility index (Phi) is 7.51. The average molecular weight is 219 g/mol. The van der Waals surface area contributed by atoms with Gasteiger partial charge < -0.3 is 10.4 Å². The molecule has 0 aromatic heterocycles. The lowest BCUT2D eigenvalue weighted by Gasteiger charge is -2.14. The van der Waals surface area contributed by atoms with E-state index in [2.05, 4.69) is 5.32 Å². The number of aliphatic hydroxyl groups is 1. The SMILES string of the molecule is CSCC[C@H](NC(=O)CCO)C(C)=O. The third-order valence-electron chi connectivity index (χ3n) is 1.78. The van der Waals surface area contributed by atoms with E-state index in [1.165, 1.54) is 6.92 Å². The quantitative estimate of drug-likeness (QED) is 0.642. The Morgan fingerprint density at radius 3 is 2.57 bits per heavy atom. The standard InChI is InChI=1S/C9H17NO3S/c1-7(12)8(4-6-14-2)10-9(13)3-5-11/h8,11H,3-6H2,1-2H3,(H,10,13)/t8-/m0/s1. The Morgan fingerprint density at radius 2 is 2.14 bits per heavy atom. The number of rotatable bonds is 7. The highest BCUT2D eigenvalue weighted by Crippen LogP contribution is 2.01. The molecule has 0 aliphatic rings. The summed E-state index contributed by atoms with van der Waals surface area (Å²) in [4.78, 5) is 22.2. The first kappa shape index (κ1) is 13.4. The lowest BCUT2D eigenvalue weighted by molar-refractivity contribution is -0.127. The summed E-state index contributed by atoms with van der Waals surface area (Å²) in [6.07, 6.45) is 2.66. The third-order valence-corrected chi connectivity index (χ3v) is 2.42. The van der Waals surface area contributed by atoms with Gasteiger partial charge in [0.15, 0.2) is 5.78 Å². The zero-order valence-electron chi connectivity index (χ0n) is 8.58. The summed E-state index contributed by atoms with van der Waals surface area (Å²) >= 11 is 1.63. The maximum absolute atomic E-state index is 11.1. The van der Waals surface area contributed by atoms with Crippen molar-refractivity contribution in [2.75, 3.05) is 18.6 Å². The number of hydrogen-bond acceptors (Lipinski definition) is 4. The number of Topliss-reactive ketones (excluding diaryl/α,β-unsaturated/α-hetero) is 1.